The van der Waals surface area contributed by atoms with E-state index in [4.69, 9.17) is 10.8 Å². The number of halogens is 2. The summed E-state index contributed by atoms with van der Waals surface area (Å²) in [5, 5.41) is 12.1. The van der Waals surface area contributed by atoms with Crippen LogP contribution in [-0.2, 0) is 0 Å². The van der Waals surface area contributed by atoms with Crippen LogP contribution < -0.4 is 11.1 Å². The molecular formula is C13H10Br2N2O2. The average molecular weight is 386 g/mol. The number of nitrogens with one attached hydrogen (secondary N) is 1. The van der Waals surface area contributed by atoms with Gasteiger partial charge in [-0.2, -0.15) is 0 Å². The molecule has 0 saturated carbocycles. The number of nitrogen functional groups attached to an aromatic ring is 1. The molecule has 0 aliphatic carbocycles. The minimum atomic E-state index is -1.05. The average Bonchev–Trinajstić information content (AvgIpc) is 2.36. The van der Waals surface area contributed by atoms with Crippen LogP contribution in [0.2, 0.25) is 0 Å². The van der Waals surface area contributed by atoms with Gasteiger partial charge in [-0.25, -0.2) is 4.79 Å². The van der Waals surface area contributed by atoms with E-state index in [1.807, 2.05) is 18.2 Å². The zero-order chi connectivity index (χ0) is 14.0. The minimum absolute atomic E-state index is 0.0797. The first-order valence-corrected chi connectivity index (χ1v) is 6.91. The number of carbonyl (C=O) groups is 1. The summed E-state index contributed by atoms with van der Waals surface area (Å²) in [6, 6.07) is 10.5. The predicted octanol–water partition coefficient (Wildman–Crippen LogP) is 4.24. The van der Waals surface area contributed by atoms with Crippen molar-refractivity contribution in [2.75, 3.05) is 11.1 Å². The lowest BCUT2D eigenvalue weighted by Gasteiger charge is -2.12. The Labute approximate surface area is 126 Å². The highest BCUT2D eigenvalue weighted by Gasteiger charge is 2.11. The maximum Gasteiger partial charge on any atom is 0.337 e. The summed E-state index contributed by atoms with van der Waals surface area (Å²) in [6.07, 6.45) is 0. The van der Waals surface area contributed by atoms with E-state index in [1.165, 1.54) is 6.07 Å². The Kier molecular flexibility index (Phi) is 4.11. The molecule has 0 aromatic heterocycles. The van der Waals surface area contributed by atoms with Crippen molar-refractivity contribution in [1.29, 1.82) is 0 Å². The monoisotopic (exact) mass is 384 g/mol. The smallest absolute Gasteiger partial charge is 0.337 e. The van der Waals surface area contributed by atoms with Crippen molar-refractivity contribution >= 4 is 54.9 Å². The summed E-state index contributed by atoms with van der Waals surface area (Å²) in [7, 11) is 0. The van der Waals surface area contributed by atoms with Crippen molar-refractivity contribution in [2.24, 2.45) is 0 Å². The molecule has 4 N–H and O–H groups in total. The van der Waals surface area contributed by atoms with Crippen LogP contribution in [0.25, 0.3) is 0 Å². The first-order valence-electron chi connectivity index (χ1n) is 5.33. The van der Waals surface area contributed by atoms with E-state index in [1.54, 1.807) is 12.1 Å². The number of hydrogen-bond donors (Lipinski definition) is 3. The Morgan fingerprint density at radius 1 is 1.16 bits per heavy atom. The fraction of sp³-hybridized carbons (Fsp3) is 0. The third kappa shape index (κ3) is 3.08. The van der Waals surface area contributed by atoms with Crippen molar-refractivity contribution in [1.82, 2.24) is 0 Å². The number of carboxylic acid groups (broad SMARTS) is 1. The van der Waals surface area contributed by atoms with Crippen molar-refractivity contribution in [3.05, 3.63) is 50.9 Å². The highest BCUT2D eigenvalue weighted by molar-refractivity contribution is 9.11. The minimum Gasteiger partial charge on any atom is -0.478 e. The van der Waals surface area contributed by atoms with Crippen molar-refractivity contribution in [2.45, 2.75) is 0 Å². The SMILES string of the molecule is Nc1c(Nc2cc(Br)ccc2Br)cccc1C(=O)O. The molecule has 98 valence electrons. The number of carboxylic acids is 1. The molecule has 4 nitrogen and oxygen atoms in total. The van der Waals surface area contributed by atoms with Gasteiger partial charge in [-0.3, -0.25) is 0 Å². The summed E-state index contributed by atoms with van der Waals surface area (Å²) in [6.45, 7) is 0. The lowest BCUT2D eigenvalue weighted by Crippen LogP contribution is -2.05. The van der Waals surface area contributed by atoms with Gasteiger partial charge in [0.25, 0.3) is 0 Å². The number of aromatic carboxylic acids is 1. The largest absolute Gasteiger partial charge is 0.478 e. The van der Waals surface area contributed by atoms with Gasteiger partial charge in [0, 0.05) is 8.95 Å². The molecule has 0 radical (unpaired) electrons. The molecule has 2 aromatic carbocycles. The number of nitrogens with two attached hydrogens (primary N) is 1. The van der Waals surface area contributed by atoms with Crippen LogP contribution in [0.15, 0.2) is 45.3 Å². The van der Waals surface area contributed by atoms with Crippen LogP contribution in [-0.4, -0.2) is 11.1 Å². The van der Waals surface area contributed by atoms with E-state index < -0.39 is 5.97 Å². The van der Waals surface area contributed by atoms with E-state index in [2.05, 4.69) is 37.2 Å². The molecule has 0 fully saturated rings. The molecule has 2 aromatic rings. The molecule has 19 heavy (non-hydrogen) atoms. The van der Waals surface area contributed by atoms with Gasteiger partial charge in [0.05, 0.1) is 22.6 Å². The molecule has 2 rings (SSSR count). The highest BCUT2D eigenvalue weighted by atomic mass is 79.9. The van der Waals surface area contributed by atoms with Crippen LogP contribution in [0, 0.1) is 0 Å². The number of anilines is 3. The summed E-state index contributed by atoms with van der Waals surface area (Å²) in [5.41, 5.74) is 7.49. The fourth-order valence-electron chi connectivity index (χ4n) is 1.60. The molecule has 0 heterocycles. The number of hydrogen-bond acceptors (Lipinski definition) is 3. The zero-order valence-corrected chi connectivity index (χ0v) is 12.8. The van der Waals surface area contributed by atoms with Gasteiger partial charge >= 0.3 is 5.97 Å². The van der Waals surface area contributed by atoms with Gasteiger partial charge in [0.2, 0.25) is 0 Å². The summed E-state index contributed by atoms with van der Waals surface area (Å²) in [5.74, 6) is -1.05. The third-order valence-electron chi connectivity index (χ3n) is 2.53. The van der Waals surface area contributed by atoms with Crippen molar-refractivity contribution in [3.8, 4) is 0 Å². The zero-order valence-electron chi connectivity index (χ0n) is 9.65. The Balaban J connectivity index is 2.41. The topological polar surface area (TPSA) is 75.3 Å². The van der Waals surface area contributed by atoms with Gasteiger partial charge in [-0.15, -0.1) is 0 Å². The molecule has 0 aliphatic heterocycles. The first kappa shape index (κ1) is 13.9. The van der Waals surface area contributed by atoms with Gasteiger partial charge in [-0.05, 0) is 46.3 Å². The quantitative estimate of drug-likeness (QED) is 0.691. The highest BCUT2D eigenvalue weighted by Crippen LogP contribution is 2.32. The second kappa shape index (κ2) is 5.63. The molecular weight excluding hydrogens is 376 g/mol. The van der Waals surface area contributed by atoms with Crippen molar-refractivity contribution < 1.29 is 9.90 Å². The lowest BCUT2D eigenvalue weighted by atomic mass is 10.1. The Morgan fingerprint density at radius 3 is 2.58 bits per heavy atom. The van der Waals surface area contributed by atoms with Crippen LogP contribution in [0.5, 0.6) is 0 Å². The number of rotatable bonds is 3. The van der Waals surface area contributed by atoms with Crippen LogP contribution in [0.4, 0.5) is 17.1 Å². The van der Waals surface area contributed by atoms with E-state index >= 15 is 0 Å². The van der Waals surface area contributed by atoms with Gasteiger partial charge < -0.3 is 16.2 Å². The summed E-state index contributed by atoms with van der Waals surface area (Å²) < 4.78 is 1.77. The Hall–Kier alpha value is -1.53. The molecule has 0 atom stereocenters. The van der Waals surface area contributed by atoms with Crippen molar-refractivity contribution in [3.63, 3.8) is 0 Å². The maximum atomic E-state index is 11.0. The van der Waals surface area contributed by atoms with Gasteiger partial charge in [0.15, 0.2) is 0 Å². The molecule has 0 saturated heterocycles. The van der Waals surface area contributed by atoms with Gasteiger partial charge in [-0.1, -0.05) is 22.0 Å². The normalized spacial score (nSPS) is 10.2. The molecule has 0 aliphatic rings. The van der Waals surface area contributed by atoms with Crippen LogP contribution >= 0.6 is 31.9 Å². The van der Waals surface area contributed by atoms with E-state index in [0.717, 1.165) is 14.6 Å². The first-order chi connectivity index (χ1) is 8.99. The van der Waals surface area contributed by atoms with Gasteiger partial charge in [0.1, 0.15) is 0 Å². The Bertz CT molecular complexity index is 645. The third-order valence-corrected chi connectivity index (χ3v) is 3.72. The van der Waals surface area contributed by atoms with E-state index in [9.17, 15) is 4.79 Å². The van der Waals surface area contributed by atoms with Crippen LogP contribution in [0.1, 0.15) is 10.4 Å². The Morgan fingerprint density at radius 2 is 1.89 bits per heavy atom. The molecule has 0 spiro atoms. The standard InChI is InChI=1S/C13H10Br2N2O2/c14-7-4-5-9(15)11(6-7)17-10-3-1-2-8(12(10)16)13(18)19/h1-6,17H,16H2,(H,18,19). The van der Waals surface area contributed by atoms with E-state index in [0.29, 0.717) is 5.69 Å². The lowest BCUT2D eigenvalue weighted by molar-refractivity contribution is 0.0698. The maximum absolute atomic E-state index is 11.0. The predicted molar refractivity (Wildman–Crippen MR) is 82.9 cm³/mol. The molecule has 0 amide bonds. The second-order valence-electron chi connectivity index (χ2n) is 3.82. The number of benzene rings is 2. The summed E-state index contributed by atoms with van der Waals surface area (Å²) >= 11 is 6.80. The molecule has 0 unspecified atom stereocenters. The summed E-state index contributed by atoms with van der Waals surface area (Å²) in [4.78, 5) is 11.0. The van der Waals surface area contributed by atoms with Crippen LogP contribution in [0.3, 0.4) is 0 Å². The molecule has 0 bridgehead atoms. The fourth-order valence-corrected chi connectivity index (χ4v) is 2.31. The second-order valence-corrected chi connectivity index (χ2v) is 5.59. The van der Waals surface area contributed by atoms with E-state index in [-0.39, 0.29) is 11.3 Å². The number of para-hydroxylation sites is 1. The molecule has 6 heteroatoms.